The molecule has 0 aromatic heterocycles. The average molecular weight is 407 g/mol. The van der Waals surface area contributed by atoms with E-state index in [0.717, 1.165) is 12.0 Å². The highest BCUT2D eigenvalue weighted by Crippen LogP contribution is 2.39. The van der Waals surface area contributed by atoms with E-state index >= 15 is 0 Å². The van der Waals surface area contributed by atoms with Gasteiger partial charge in [-0.15, -0.1) is 11.8 Å². The van der Waals surface area contributed by atoms with Crippen molar-refractivity contribution in [3.8, 4) is 5.75 Å². The first-order chi connectivity index (χ1) is 13.4. The minimum Gasteiger partial charge on any atom is -0.484 e. The number of hydrogen-bond donors (Lipinski definition) is 3. The molecule has 3 N–H and O–H groups in total. The van der Waals surface area contributed by atoms with E-state index in [2.05, 4.69) is 15.4 Å². The molecule has 0 radical (unpaired) electrons. The third-order valence-corrected chi connectivity index (χ3v) is 5.32. The minimum atomic E-state index is -1.36. The van der Waals surface area contributed by atoms with Crippen LogP contribution in [0.15, 0.2) is 41.7 Å². The van der Waals surface area contributed by atoms with Crippen LogP contribution < -0.4 is 15.4 Å². The van der Waals surface area contributed by atoms with Crippen molar-refractivity contribution >= 4 is 35.6 Å². The molecule has 1 unspecified atom stereocenters. The van der Waals surface area contributed by atoms with Gasteiger partial charge in [-0.1, -0.05) is 18.2 Å². The molecule has 1 aromatic rings. The Kier molecular flexibility index (Phi) is 5.73. The molecule has 148 valence electrons. The van der Waals surface area contributed by atoms with Gasteiger partial charge in [0.1, 0.15) is 17.2 Å². The number of methoxy groups -OCH3 is 1. The molecule has 28 heavy (non-hydrogen) atoms. The van der Waals surface area contributed by atoms with Crippen molar-refractivity contribution < 1.29 is 33.8 Å². The van der Waals surface area contributed by atoms with E-state index in [9.17, 15) is 24.3 Å². The Bertz CT molecular complexity index is 842. The van der Waals surface area contributed by atoms with Gasteiger partial charge in [-0.3, -0.25) is 19.8 Å². The lowest BCUT2D eigenvalue weighted by atomic mass is 10.0. The van der Waals surface area contributed by atoms with Crippen LogP contribution in [0.4, 0.5) is 4.79 Å². The zero-order chi connectivity index (χ0) is 20.3. The van der Waals surface area contributed by atoms with E-state index in [1.165, 1.54) is 11.8 Å². The minimum absolute atomic E-state index is 0.0612. The molecule has 1 aromatic carbocycles. The van der Waals surface area contributed by atoms with Gasteiger partial charge >= 0.3 is 12.1 Å². The fourth-order valence-electron chi connectivity index (χ4n) is 2.77. The van der Waals surface area contributed by atoms with Crippen molar-refractivity contribution in [2.24, 2.45) is 0 Å². The summed E-state index contributed by atoms with van der Waals surface area (Å²) in [6.45, 7) is -0.276. The Morgan fingerprint density at radius 1 is 1.29 bits per heavy atom. The maximum absolute atomic E-state index is 12.4. The molecule has 0 saturated carbocycles. The monoisotopic (exact) mass is 407 g/mol. The van der Waals surface area contributed by atoms with Crippen LogP contribution in [0.2, 0.25) is 0 Å². The quantitative estimate of drug-likeness (QED) is 0.566. The lowest BCUT2D eigenvalue weighted by Gasteiger charge is -2.49. The summed E-state index contributed by atoms with van der Waals surface area (Å²) in [4.78, 5) is 48.6. The number of benzene rings is 1. The van der Waals surface area contributed by atoms with E-state index < -0.39 is 35.3 Å². The molecule has 10 nitrogen and oxygen atoms in total. The van der Waals surface area contributed by atoms with Gasteiger partial charge in [0, 0.05) is 5.75 Å². The second-order valence-electron chi connectivity index (χ2n) is 5.81. The zero-order valence-electron chi connectivity index (χ0n) is 14.7. The van der Waals surface area contributed by atoms with Crippen molar-refractivity contribution in [3.05, 3.63) is 41.7 Å². The Labute approximate surface area is 163 Å². The Morgan fingerprint density at radius 3 is 2.64 bits per heavy atom. The van der Waals surface area contributed by atoms with Gasteiger partial charge in [-0.2, -0.15) is 0 Å². The van der Waals surface area contributed by atoms with Crippen molar-refractivity contribution in [1.82, 2.24) is 15.5 Å². The molecule has 1 saturated heterocycles. The predicted octanol–water partition coefficient (Wildman–Crippen LogP) is 0.118. The first-order valence-electron chi connectivity index (χ1n) is 8.15. The lowest BCUT2D eigenvalue weighted by Crippen LogP contribution is -2.71. The summed E-state index contributed by atoms with van der Waals surface area (Å²) in [5, 5.41) is 13.7. The number of aliphatic carboxylic acids is 1. The highest BCUT2D eigenvalue weighted by Gasteiger charge is 2.54. The summed E-state index contributed by atoms with van der Waals surface area (Å²) in [6, 6.07) is 7.86. The van der Waals surface area contributed by atoms with E-state index in [-0.39, 0.29) is 23.8 Å². The number of carbonyl (C=O) groups excluding carboxylic acids is 3. The molecule has 0 bridgehead atoms. The molecule has 1 fully saturated rings. The van der Waals surface area contributed by atoms with E-state index in [1.807, 2.05) is 6.07 Å². The van der Waals surface area contributed by atoms with Crippen LogP contribution in [-0.4, -0.2) is 64.8 Å². The van der Waals surface area contributed by atoms with Gasteiger partial charge in [-0.05, 0) is 12.1 Å². The maximum atomic E-state index is 12.4. The van der Waals surface area contributed by atoms with Crippen molar-refractivity contribution in [2.45, 2.75) is 11.4 Å². The van der Waals surface area contributed by atoms with Gasteiger partial charge in [0.05, 0.1) is 12.8 Å². The lowest BCUT2D eigenvalue weighted by molar-refractivity contribution is -0.151. The van der Waals surface area contributed by atoms with Crippen LogP contribution in [0.25, 0.3) is 0 Å². The number of thioether (sulfide) groups is 1. The Morgan fingerprint density at radius 2 is 2.00 bits per heavy atom. The maximum Gasteiger partial charge on any atom is 0.411 e. The van der Waals surface area contributed by atoms with Crippen LogP contribution in [0.3, 0.4) is 0 Å². The number of para-hydroxylation sites is 1. The van der Waals surface area contributed by atoms with Crippen LogP contribution in [0, 0.1) is 0 Å². The van der Waals surface area contributed by atoms with Gasteiger partial charge < -0.3 is 19.9 Å². The number of rotatable bonds is 6. The molecular weight excluding hydrogens is 390 g/mol. The van der Waals surface area contributed by atoms with Gasteiger partial charge in [0.15, 0.2) is 12.3 Å². The van der Waals surface area contributed by atoms with Gasteiger partial charge in [-0.25, -0.2) is 9.59 Å². The summed E-state index contributed by atoms with van der Waals surface area (Å²) >= 11 is 1.22. The highest BCUT2D eigenvalue weighted by atomic mass is 32.2. The number of carbonyl (C=O) groups is 4. The number of nitrogens with one attached hydrogen (secondary N) is 2. The topological polar surface area (TPSA) is 134 Å². The summed E-state index contributed by atoms with van der Waals surface area (Å²) in [5.74, 6) is -1.78. The molecular formula is C17H17N3O7S. The Hall–Kier alpha value is -3.21. The number of nitrogens with zero attached hydrogens (tertiary/aromatic N) is 1. The fourth-order valence-corrected chi connectivity index (χ4v) is 4.05. The van der Waals surface area contributed by atoms with Crippen LogP contribution in [-0.2, 0) is 19.1 Å². The number of hydrogen-bond acceptors (Lipinski definition) is 7. The van der Waals surface area contributed by atoms with Gasteiger partial charge in [0.2, 0.25) is 0 Å². The normalized spacial score (nSPS) is 20.6. The van der Waals surface area contributed by atoms with Crippen LogP contribution >= 0.6 is 11.8 Å². The van der Waals surface area contributed by atoms with E-state index in [4.69, 9.17) is 4.74 Å². The van der Waals surface area contributed by atoms with E-state index in [1.54, 1.807) is 24.3 Å². The second-order valence-corrected chi connectivity index (χ2v) is 6.91. The largest absolute Gasteiger partial charge is 0.484 e. The number of alkyl carbamates (subject to hydrolysis) is 1. The first-order valence-corrected chi connectivity index (χ1v) is 9.20. The summed E-state index contributed by atoms with van der Waals surface area (Å²) in [7, 11) is 1.15. The number of amides is 3. The van der Waals surface area contributed by atoms with Crippen molar-refractivity contribution in [2.75, 3.05) is 19.5 Å². The fraction of sp³-hybridized carbons (Fsp3) is 0.294. The third kappa shape index (κ3) is 3.88. The molecule has 11 heteroatoms. The Balaban J connectivity index is 1.64. The van der Waals surface area contributed by atoms with Crippen LogP contribution in [0.1, 0.15) is 0 Å². The van der Waals surface area contributed by atoms with E-state index in [0.29, 0.717) is 5.75 Å². The summed E-state index contributed by atoms with van der Waals surface area (Å²) < 4.78 is 9.80. The molecule has 3 amide bonds. The number of fused-ring (bicyclic) bond motifs is 1. The molecule has 3 rings (SSSR count). The first kappa shape index (κ1) is 19.5. The molecule has 0 aliphatic carbocycles. The summed E-state index contributed by atoms with van der Waals surface area (Å²) in [5.41, 5.74) is -0.267. The third-order valence-electron chi connectivity index (χ3n) is 4.04. The molecule has 0 spiro atoms. The number of β-lactam (4-membered cyclic amide) rings is 1. The molecule has 2 heterocycles. The number of carboxylic acids is 1. The van der Waals surface area contributed by atoms with Crippen molar-refractivity contribution in [1.29, 1.82) is 0 Å². The standard InChI is InChI=1S/C17H17N3O7S/c1-26-17(25)18-10-8-28-15-12(14(22)20(15)13(10)16(23)24)19-11(21)7-27-9-5-3-2-4-6-9/h2-6,12,15H,7-8H2,1H3,(H,18,25)(H,19,21)(H,23,24)/t12?,15-/m1/s1. The summed E-state index contributed by atoms with van der Waals surface area (Å²) in [6.07, 6.45) is -0.830. The zero-order valence-corrected chi connectivity index (χ0v) is 15.5. The predicted molar refractivity (Wildman–Crippen MR) is 97.2 cm³/mol. The average Bonchev–Trinajstić information content (AvgIpc) is 2.70. The number of ether oxygens (including phenoxy) is 2. The van der Waals surface area contributed by atoms with Crippen LogP contribution in [0.5, 0.6) is 5.75 Å². The molecule has 2 atom stereocenters. The highest BCUT2D eigenvalue weighted by molar-refractivity contribution is 8.00. The SMILES string of the molecule is COC(=O)NC1=C(C(=O)O)N2C(=O)C(NC(=O)COc3ccccc3)[C@H]2SC1. The number of carboxylic acid groups (broad SMARTS) is 1. The molecule has 2 aliphatic rings. The molecule has 2 aliphatic heterocycles. The van der Waals surface area contributed by atoms with Gasteiger partial charge in [0.25, 0.3) is 11.8 Å². The second kappa shape index (κ2) is 8.21. The van der Waals surface area contributed by atoms with Crippen molar-refractivity contribution in [3.63, 3.8) is 0 Å². The smallest absolute Gasteiger partial charge is 0.411 e.